The summed E-state index contributed by atoms with van der Waals surface area (Å²) in [5.74, 6) is 0. The Morgan fingerprint density at radius 3 is 2.42 bits per heavy atom. The van der Waals surface area contributed by atoms with Crippen LogP contribution >= 0.6 is 0 Å². The highest BCUT2D eigenvalue weighted by atomic mass is 32.2. The SMILES string of the molecule is Cc1ccc(S(=O)(=O)OCCc2cccn2C)cc1. The van der Waals surface area contributed by atoms with Crippen LogP contribution in [-0.4, -0.2) is 19.6 Å². The van der Waals surface area contributed by atoms with Crippen molar-refractivity contribution in [3.8, 4) is 0 Å². The molecule has 0 atom stereocenters. The number of nitrogens with zero attached hydrogens (tertiary/aromatic N) is 1. The number of rotatable bonds is 5. The normalized spacial score (nSPS) is 11.7. The van der Waals surface area contributed by atoms with Gasteiger partial charge >= 0.3 is 0 Å². The van der Waals surface area contributed by atoms with Crippen molar-refractivity contribution in [2.75, 3.05) is 6.61 Å². The highest BCUT2D eigenvalue weighted by molar-refractivity contribution is 7.86. The summed E-state index contributed by atoms with van der Waals surface area (Å²) >= 11 is 0. The van der Waals surface area contributed by atoms with Gasteiger partial charge in [0, 0.05) is 25.4 Å². The number of aromatic nitrogens is 1. The summed E-state index contributed by atoms with van der Waals surface area (Å²) in [6.45, 7) is 2.06. The Balaban J connectivity index is 1.98. The number of hydrogen-bond acceptors (Lipinski definition) is 3. The van der Waals surface area contributed by atoms with Gasteiger partial charge in [0.05, 0.1) is 11.5 Å². The van der Waals surface area contributed by atoms with Crippen LogP contribution in [0.4, 0.5) is 0 Å². The molecule has 0 radical (unpaired) electrons. The lowest BCUT2D eigenvalue weighted by Crippen LogP contribution is -2.10. The van der Waals surface area contributed by atoms with Crippen LogP contribution in [0.2, 0.25) is 0 Å². The van der Waals surface area contributed by atoms with E-state index in [1.165, 1.54) is 0 Å². The van der Waals surface area contributed by atoms with E-state index in [0.717, 1.165) is 11.3 Å². The van der Waals surface area contributed by atoms with Crippen LogP contribution < -0.4 is 0 Å². The second-order valence-electron chi connectivity index (χ2n) is 4.45. The Kier molecular flexibility index (Phi) is 4.07. The van der Waals surface area contributed by atoms with E-state index in [0.29, 0.717) is 6.42 Å². The third-order valence-electron chi connectivity index (χ3n) is 2.96. The Bertz CT molecular complexity index is 642. The zero-order valence-electron chi connectivity index (χ0n) is 11.0. The van der Waals surface area contributed by atoms with Crippen molar-refractivity contribution < 1.29 is 12.6 Å². The lowest BCUT2D eigenvalue weighted by atomic mass is 10.2. The third-order valence-corrected chi connectivity index (χ3v) is 4.28. The molecule has 4 nitrogen and oxygen atoms in total. The maximum Gasteiger partial charge on any atom is 0.296 e. The molecule has 0 saturated heterocycles. The molecule has 2 aromatic rings. The van der Waals surface area contributed by atoms with Crippen LogP contribution in [0.15, 0.2) is 47.5 Å². The van der Waals surface area contributed by atoms with Gasteiger partial charge in [0.15, 0.2) is 0 Å². The zero-order valence-corrected chi connectivity index (χ0v) is 11.9. The lowest BCUT2D eigenvalue weighted by Gasteiger charge is -2.06. The molecule has 19 heavy (non-hydrogen) atoms. The smallest absolute Gasteiger partial charge is 0.296 e. The van der Waals surface area contributed by atoms with E-state index in [9.17, 15) is 8.42 Å². The summed E-state index contributed by atoms with van der Waals surface area (Å²) in [6, 6.07) is 10.5. The van der Waals surface area contributed by atoms with E-state index in [1.807, 2.05) is 36.9 Å². The van der Waals surface area contributed by atoms with Gasteiger partial charge in [-0.3, -0.25) is 4.18 Å². The van der Waals surface area contributed by atoms with Crippen molar-refractivity contribution in [3.63, 3.8) is 0 Å². The topological polar surface area (TPSA) is 48.3 Å². The zero-order chi connectivity index (χ0) is 13.9. The van der Waals surface area contributed by atoms with Gasteiger partial charge in [-0.05, 0) is 31.2 Å². The third kappa shape index (κ3) is 3.45. The first kappa shape index (κ1) is 13.8. The van der Waals surface area contributed by atoms with Crippen LogP contribution in [0, 0.1) is 6.92 Å². The molecule has 0 amide bonds. The largest absolute Gasteiger partial charge is 0.354 e. The van der Waals surface area contributed by atoms with Gasteiger partial charge in [0.25, 0.3) is 10.1 Å². The molecule has 1 aromatic carbocycles. The molecule has 0 fully saturated rings. The van der Waals surface area contributed by atoms with E-state index in [2.05, 4.69) is 0 Å². The second kappa shape index (κ2) is 5.59. The van der Waals surface area contributed by atoms with E-state index in [-0.39, 0.29) is 11.5 Å². The fraction of sp³-hybridized carbons (Fsp3) is 0.286. The summed E-state index contributed by atoms with van der Waals surface area (Å²) in [5.41, 5.74) is 2.06. The molecule has 102 valence electrons. The molecule has 0 N–H and O–H groups in total. The fourth-order valence-electron chi connectivity index (χ4n) is 1.79. The Morgan fingerprint density at radius 2 is 1.84 bits per heavy atom. The summed E-state index contributed by atoms with van der Waals surface area (Å²) < 4.78 is 30.8. The number of hydrogen-bond donors (Lipinski definition) is 0. The van der Waals surface area contributed by atoms with Gasteiger partial charge in [0.1, 0.15) is 0 Å². The van der Waals surface area contributed by atoms with Gasteiger partial charge in [-0.15, -0.1) is 0 Å². The molecular weight excluding hydrogens is 262 g/mol. The van der Waals surface area contributed by atoms with E-state index >= 15 is 0 Å². The Hall–Kier alpha value is -1.59. The van der Waals surface area contributed by atoms with Crippen molar-refractivity contribution in [2.45, 2.75) is 18.2 Å². The number of benzene rings is 1. The van der Waals surface area contributed by atoms with Crippen LogP contribution in [0.1, 0.15) is 11.3 Å². The second-order valence-corrected chi connectivity index (χ2v) is 6.06. The monoisotopic (exact) mass is 279 g/mol. The highest BCUT2D eigenvalue weighted by Gasteiger charge is 2.14. The van der Waals surface area contributed by atoms with E-state index in [1.54, 1.807) is 24.3 Å². The molecule has 2 rings (SSSR count). The molecule has 0 aliphatic carbocycles. The van der Waals surface area contributed by atoms with Crippen molar-refractivity contribution in [1.29, 1.82) is 0 Å². The first-order valence-corrected chi connectivity index (χ1v) is 7.46. The van der Waals surface area contributed by atoms with Crippen molar-refractivity contribution >= 4 is 10.1 Å². The quantitative estimate of drug-likeness (QED) is 0.789. The molecule has 1 heterocycles. The summed E-state index contributed by atoms with van der Waals surface area (Å²) in [4.78, 5) is 0.199. The highest BCUT2D eigenvalue weighted by Crippen LogP contribution is 2.13. The predicted molar refractivity (Wildman–Crippen MR) is 73.4 cm³/mol. The number of aryl methyl sites for hydroxylation is 2. The maximum atomic E-state index is 11.9. The molecule has 0 bridgehead atoms. The summed E-state index contributed by atoms with van der Waals surface area (Å²) in [5, 5.41) is 0. The Labute approximate surface area is 113 Å². The predicted octanol–water partition coefficient (Wildman–Crippen LogP) is 2.28. The lowest BCUT2D eigenvalue weighted by molar-refractivity contribution is 0.319. The molecule has 1 aromatic heterocycles. The average molecular weight is 279 g/mol. The Morgan fingerprint density at radius 1 is 1.16 bits per heavy atom. The van der Waals surface area contributed by atoms with Gasteiger partial charge in [0.2, 0.25) is 0 Å². The molecule has 0 unspecified atom stereocenters. The summed E-state index contributed by atoms with van der Waals surface area (Å²) in [6.07, 6.45) is 2.48. The molecule has 0 aliphatic heterocycles. The standard InChI is InChI=1S/C14H17NO3S/c1-12-5-7-14(8-6-12)19(16,17)18-11-9-13-4-3-10-15(13)2/h3-8,10H,9,11H2,1-2H3. The van der Waals surface area contributed by atoms with Crippen LogP contribution in [0.3, 0.4) is 0 Å². The van der Waals surface area contributed by atoms with Crippen LogP contribution in [-0.2, 0) is 27.8 Å². The van der Waals surface area contributed by atoms with E-state index < -0.39 is 10.1 Å². The average Bonchev–Trinajstić information content (AvgIpc) is 2.75. The van der Waals surface area contributed by atoms with Gasteiger partial charge in [-0.2, -0.15) is 8.42 Å². The van der Waals surface area contributed by atoms with Crippen molar-refractivity contribution in [1.82, 2.24) is 4.57 Å². The fourth-order valence-corrected chi connectivity index (χ4v) is 2.69. The van der Waals surface area contributed by atoms with Crippen molar-refractivity contribution in [3.05, 3.63) is 53.9 Å². The van der Waals surface area contributed by atoms with Gasteiger partial charge < -0.3 is 4.57 Å². The van der Waals surface area contributed by atoms with Gasteiger partial charge in [-0.25, -0.2) is 0 Å². The van der Waals surface area contributed by atoms with E-state index in [4.69, 9.17) is 4.18 Å². The minimum absolute atomic E-state index is 0.147. The minimum atomic E-state index is -3.65. The van der Waals surface area contributed by atoms with Gasteiger partial charge in [-0.1, -0.05) is 17.7 Å². The van der Waals surface area contributed by atoms with Crippen molar-refractivity contribution in [2.24, 2.45) is 7.05 Å². The molecular formula is C14H17NO3S. The molecule has 5 heteroatoms. The summed E-state index contributed by atoms with van der Waals surface area (Å²) in [7, 11) is -1.73. The van der Waals surface area contributed by atoms with Crippen LogP contribution in [0.5, 0.6) is 0 Å². The van der Waals surface area contributed by atoms with Crippen LogP contribution in [0.25, 0.3) is 0 Å². The molecule has 0 saturated carbocycles. The molecule has 0 aliphatic rings. The minimum Gasteiger partial charge on any atom is -0.354 e. The first-order chi connectivity index (χ1) is 8.99. The first-order valence-electron chi connectivity index (χ1n) is 6.05. The molecule has 0 spiro atoms. The maximum absolute atomic E-state index is 11.9.